The number of nitrogens with two attached hydrogens (primary N) is 1. The van der Waals surface area contributed by atoms with E-state index in [1.807, 2.05) is 0 Å². The van der Waals surface area contributed by atoms with Gasteiger partial charge < -0.3 is 16.2 Å². The summed E-state index contributed by atoms with van der Waals surface area (Å²) in [7, 11) is 0. The highest BCUT2D eigenvalue weighted by Gasteiger charge is 2.09. The molecular weight excluding hydrogens is 250 g/mol. The van der Waals surface area contributed by atoms with Crippen molar-refractivity contribution in [2.75, 3.05) is 0 Å². The number of carbonyl (C=O) groups excluding carboxylic acids is 1. The van der Waals surface area contributed by atoms with Crippen LogP contribution in [0.4, 0.5) is 0 Å². The van der Waals surface area contributed by atoms with Crippen molar-refractivity contribution in [3.05, 3.63) is 45.9 Å². The summed E-state index contributed by atoms with van der Waals surface area (Å²) >= 11 is 1.37. The normalized spacial score (nSPS) is 10.3. The number of nitrogens with one attached hydrogen (secondary N) is 1. The Bertz CT molecular complexity index is 537. The van der Waals surface area contributed by atoms with Crippen LogP contribution in [0.25, 0.3) is 0 Å². The maximum atomic E-state index is 11.8. The first-order valence-electron chi connectivity index (χ1n) is 5.39. The summed E-state index contributed by atoms with van der Waals surface area (Å²) in [6, 6.07) is 6.66. The smallest absolute Gasteiger partial charge is 0.271 e. The van der Waals surface area contributed by atoms with Gasteiger partial charge in [0.25, 0.3) is 5.91 Å². The minimum absolute atomic E-state index is 0.206. The number of hydrogen-bond acceptors (Lipinski definition) is 5. The number of aromatic nitrogens is 1. The topological polar surface area (TPSA) is 88.2 Å². The minimum atomic E-state index is -0.223. The molecule has 1 aromatic carbocycles. The molecule has 6 heteroatoms. The summed E-state index contributed by atoms with van der Waals surface area (Å²) in [5.41, 5.74) is 6.74. The van der Waals surface area contributed by atoms with E-state index in [0.717, 1.165) is 10.6 Å². The van der Waals surface area contributed by atoms with Crippen LogP contribution >= 0.6 is 11.3 Å². The van der Waals surface area contributed by atoms with Gasteiger partial charge in [0, 0.05) is 18.5 Å². The first kappa shape index (κ1) is 12.5. The number of nitrogens with zero attached hydrogens (tertiary/aromatic N) is 1. The quantitative estimate of drug-likeness (QED) is 0.774. The Morgan fingerprint density at radius 3 is 2.72 bits per heavy atom. The second kappa shape index (κ2) is 5.61. The molecule has 5 nitrogen and oxygen atoms in total. The molecule has 0 fully saturated rings. The van der Waals surface area contributed by atoms with Crippen molar-refractivity contribution in [2.45, 2.75) is 13.1 Å². The Hall–Kier alpha value is -1.92. The molecule has 1 heterocycles. The predicted molar refractivity (Wildman–Crippen MR) is 69.3 cm³/mol. The van der Waals surface area contributed by atoms with Gasteiger partial charge in [-0.2, -0.15) is 0 Å². The summed E-state index contributed by atoms with van der Waals surface area (Å²) in [5, 5.41) is 14.3. The molecule has 0 bridgehead atoms. The third-order valence-electron chi connectivity index (χ3n) is 2.35. The molecule has 0 unspecified atom stereocenters. The number of amides is 1. The number of carbonyl (C=O) groups is 1. The van der Waals surface area contributed by atoms with Gasteiger partial charge in [-0.3, -0.25) is 4.79 Å². The van der Waals surface area contributed by atoms with Crippen LogP contribution in [0.3, 0.4) is 0 Å². The van der Waals surface area contributed by atoms with E-state index in [4.69, 9.17) is 10.8 Å². The number of phenolic OH excluding ortho intramolecular Hbond substituents is 1. The fraction of sp³-hybridized carbons (Fsp3) is 0.167. The highest BCUT2D eigenvalue weighted by molar-refractivity contribution is 7.09. The predicted octanol–water partition coefficient (Wildman–Crippen LogP) is 1.24. The SMILES string of the molecule is NCc1nc(C(=O)NCc2ccc(O)cc2)cs1. The van der Waals surface area contributed by atoms with Crippen molar-refractivity contribution in [1.82, 2.24) is 10.3 Å². The summed E-state index contributed by atoms with van der Waals surface area (Å²) < 4.78 is 0. The van der Waals surface area contributed by atoms with E-state index >= 15 is 0 Å². The minimum Gasteiger partial charge on any atom is -0.508 e. The van der Waals surface area contributed by atoms with Gasteiger partial charge in [-0.15, -0.1) is 11.3 Å². The Kier molecular flexibility index (Phi) is 3.91. The van der Waals surface area contributed by atoms with Crippen molar-refractivity contribution in [2.24, 2.45) is 5.73 Å². The van der Waals surface area contributed by atoms with E-state index in [1.165, 1.54) is 11.3 Å². The number of thiazole rings is 1. The molecule has 4 N–H and O–H groups in total. The van der Waals surface area contributed by atoms with Crippen molar-refractivity contribution in [1.29, 1.82) is 0 Å². The molecule has 0 aliphatic heterocycles. The lowest BCUT2D eigenvalue weighted by molar-refractivity contribution is 0.0946. The molecule has 1 amide bonds. The lowest BCUT2D eigenvalue weighted by Crippen LogP contribution is -2.23. The second-order valence-corrected chi connectivity index (χ2v) is 4.62. The van der Waals surface area contributed by atoms with E-state index in [0.29, 0.717) is 18.8 Å². The Morgan fingerprint density at radius 2 is 2.11 bits per heavy atom. The molecule has 0 saturated carbocycles. The van der Waals surface area contributed by atoms with Gasteiger partial charge in [-0.25, -0.2) is 4.98 Å². The average molecular weight is 263 g/mol. The fourth-order valence-corrected chi connectivity index (χ4v) is 2.05. The van der Waals surface area contributed by atoms with Crippen LogP contribution < -0.4 is 11.1 Å². The number of hydrogen-bond donors (Lipinski definition) is 3. The molecule has 94 valence electrons. The van der Waals surface area contributed by atoms with Crippen LogP contribution in [0, 0.1) is 0 Å². The van der Waals surface area contributed by atoms with Crippen LogP contribution in [0.15, 0.2) is 29.6 Å². The van der Waals surface area contributed by atoms with Crippen molar-refractivity contribution in [3.63, 3.8) is 0 Å². The van der Waals surface area contributed by atoms with E-state index in [2.05, 4.69) is 10.3 Å². The van der Waals surface area contributed by atoms with E-state index < -0.39 is 0 Å². The van der Waals surface area contributed by atoms with Crippen molar-refractivity contribution < 1.29 is 9.90 Å². The van der Waals surface area contributed by atoms with Crippen LogP contribution in [-0.2, 0) is 13.1 Å². The number of rotatable bonds is 4. The number of benzene rings is 1. The zero-order valence-corrected chi connectivity index (χ0v) is 10.4. The Morgan fingerprint density at radius 1 is 1.39 bits per heavy atom. The second-order valence-electron chi connectivity index (χ2n) is 3.68. The zero-order chi connectivity index (χ0) is 13.0. The highest BCUT2D eigenvalue weighted by atomic mass is 32.1. The van der Waals surface area contributed by atoms with Gasteiger partial charge in [0.2, 0.25) is 0 Å². The van der Waals surface area contributed by atoms with Gasteiger partial charge >= 0.3 is 0 Å². The Balaban J connectivity index is 1.93. The van der Waals surface area contributed by atoms with E-state index in [-0.39, 0.29) is 11.7 Å². The van der Waals surface area contributed by atoms with E-state index in [9.17, 15) is 4.79 Å². The van der Waals surface area contributed by atoms with Gasteiger partial charge in [-0.1, -0.05) is 12.1 Å². The van der Waals surface area contributed by atoms with Gasteiger partial charge in [-0.05, 0) is 17.7 Å². The average Bonchev–Trinajstić information content (AvgIpc) is 2.86. The van der Waals surface area contributed by atoms with Crippen LogP contribution in [0.5, 0.6) is 5.75 Å². The van der Waals surface area contributed by atoms with Crippen molar-refractivity contribution in [3.8, 4) is 5.75 Å². The lowest BCUT2D eigenvalue weighted by Gasteiger charge is -2.03. The van der Waals surface area contributed by atoms with E-state index in [1.54, 1.807) is 29.6 Å². The number of aromatic hydroxyl groups is 1. The largest absolute Gasteiger partial charge is 0.508 e. The van der Waals surface area contributed by atoms with Crippen LogP contribution in [0.1, 0.15) is 21.1 Å². The first-order valence-corrected chi connectivity index (χ1v) is 6.27. The third kappa shape index (κ3) is 3.06. The molecule has 0 saturated heterocycles. The molecule has 0 aliphatic rings. The molecule has 2 rings (SSSR count). The van der Waals surface area contributed by atoms with Crippen molar-refractivity contribution >= 4 is 17.2 Å². The summed E-state index contributed by atoms with van der Waals surface area (Å²) in [6.07, 6.45) is 0. The molecule has 0 aliphatic carbocycles. The standard InChI is InChI=1S/C12H13N3O2S/c13-5-11-15-10(7-18-11)12(17)14-6-8-1-3-9(16)4-2-8/h1-4,7,16H,5-6,13H2,(H,14,17). The fourth-order valence-electron chi connectivity index (χ4n) is 1.40. The lowest BCUT2D eigenvalue weighted by atomic mass is 10.2. The van der Waals surface area contributed by atoms with Crippen LogP contribution in [-0.4, -0.2) is 16.0 Å². The molecule has 18 heavy (non-hydrogen) atoms. The number of phenols is 1. The zero-order valence-electron chi connectivity index (χ0n) is 9.59. The van der Waals surface area contributed by atoms with Gasteiger partial charge in [0.15, 0.2) is 0 Å². The summed E-state index contributed by atoms with van der Waals surface area (Å²) in [5.74, 6) is -0.0174. The summed E-state index contributed by atoms with van der Waals surface area (Å²) in [6.45, 7) is 0.741. The molecule has 0 radical (unpaired) electrons. The maximum Gasteiger partial charge on any atom is 0.271 e. The monoisotopic (exact) mass is 263 g/mol. The third-order valence-corrected chi connectivity index (χ3v) is 3.22. The molecule has 0 atom stereocenters. The first-order chi connectivity index (χ1) is 8.69. The Labute approximate surface area is 108 Å². The molecule has 2 aromatic rings. The van der Waals surface area contributed by atoms with Gasteiger partial charge in [0.05, 0.1) is 0 Å². The molecular formula is C12H13N3O2S. The molecule has 0 spiro atoms. The highest BCUT2D eigenvalue weighted by Crippen LogP contribution is 2.11. The molecule has 1 aromatic heterocycles. The van der Waals surface area contributed by atoms with Crippen LogP contribution in [0.2, 0.25) is 0 Å². The summed E-state index contributed by atoms with van der Waals surface area (Å²) in [4.78, 5) is 15.9. The van der Waals surface area contributed by atoms with Gasteiger partial charge in [0.1, 0.15) is 16.5 Å². The maximum absolute atomic E-state index is 11.8.